The van der Waals surface area contributed by atoms with E-state index >= 15 is 0 Å². The fraction of sp³-hybridized carbons (Fsp3) is 0.192. The molecule has 0 bridgehead atoms. The van der Waals surface area contributed by atoms with Crippen molar-refractivity contribution >= 4 is 31.8 Å². The van der Waals surface area contributed by atoms with Crippen molar-refractivity contribution in [2.75, 3.05) is 13.2 Å². The van der Waals surface area contributed by atoms with Crippen LogP contribution in [0.1, 0.15) is 24.5 Å². The summed E-state index contributed by atoms with van der Waals surface area (Å²) in [5.74, 6) is 0.00137. The van der Waals surface area contributed by atoms with Crippen LogP contribution in [0.15, 0.2) is 83.9 Å². The lowest BCUT2D eigenvalue weighted by molar-refractivity contribution is 0.0842. The van der Waals surface area contributed by atoms with E-state index in [1.54, 1.807) is 48.7 Å². The van der Waals surface area contributed by atoms with Gasteiger partial charge in [0.05, 0.1) is 22.1 Å². The Balaban J connectivity index is 1.58. The predicted molar refractivity (Wildman–Crippen MR) is 128 cm³/mol. The SMILES string of the molecule is O=S(=O)(c1ccccc1)n1ncc2cc3c(cc(C4CCOCC4)n3-c3ccc(F)cc3)cc21. The summed E-state index contributed by atoms with van der Waals surface area (Å²) in [5.41, 5.74) is 3.42. The Kier molecular flexibility index (Phi) is 5.00. The van der Waals surface area contributed by atoms with E-state index in [9.17, 15) is 12.8 Å². The van der Waals surface area contributed by atoms with Gasteiger partial charge >= 0.3 is 0 Å². The summed E-state index contributed by atoms with van der Waals surface area (Å²) >= 11 is 0. The van der Waals surface area contributed by atoms with Gasteiger partial charge in [-0.05, 0) is 67.4 Å². The molecule has 0 amide bonds. The van der Waals surface area contributed by atoms with Crippen molar-refractivity contribution in [1.82, 2.24) is 13.8 Å². The van der Waals surface area contributed by atoms with Crippen molar-refractivity contribution in [1.29, 1.82) is 0 Å². The molecule has 3 aromatic carbocycles. The summed E-state index contributed by atoms with van der Waals surface area (Å²) in [6.45, 7) is 1.39. The van der Waals surface area contributed by atoms with Crippen molar-refractivity contribution in [3.8, 4) is 5.69 Å². The third-order valence-electron chi connectivity index (χ3n) is 6.48. The number of hydrogen-bond donors (Lipinski definition) is 0. The van der Waals surface area contributed by atoms with Gasteiger partial charge in [-0.2, -0.15) is 17.6 Å². The van der Waals surface area contributed by atoms with Crippen LogP contribution in [0, 0.1) is 5.82 Å². The van der Waals surface area contributed by atoms with E-state index < -0.39 is 10.0 Å². The molecule has 6 nitrogen and oxygen atoms in total. The first-order chi connectivity index (χ1) is 16.5. The van der Waals surface area contributed by atoms with Crippen LogP contribution in [-0.4, -0.2) is 35.4 Å². The second kappa shape index (κ2) is 8.07. The summed E-state index contributed by atoms with van der Waals surface area (Å²) < 4.78 is 49.0. The quantitative estimate of drug-likeness (QED) is 0.356. The average Bonchev–Trinajstić information content (AvgIpc) is 3.46. The fourth-order valence-corrected chi connectivity index (χ4v) is 6.07. The number of ether oxygens (including phenoxy) is 1. The van der Waals surface area contributed by atoms with Crippen LogP contribution in [0.5, 0.6) is 0 Å². The van der Waals surface area contributed by atoms with E-state index in [4.69, 9.17) is 4.74 Å². The molecule has 0 radical (unpaired) electrons. The highest BCUT2D eigenvalue weighted by atomic mass is 32.2. The minimum atomic E-state index is -3.83. The Labute approximate surface area is 196 Å². The topological polar surface area (TPSA) is 66.1 Å². The maximum Gasteiger partial charge on any atom is 0.283 e. The van der Waals surface area contributed by atoms with Gasteiger partial charge < -0.3 is 9.30 Å². The summed E-state index contributed by atoms with van der Waals surface area (Å²) in [5, 5.41) is 5.85. The third kappa shape index (κ3) is 3.41. The molecule has 0 N–H and O–H groups in total. The van der Waals surface area contributed by atoms with E-state index in [-0.39, 0.29) is 10.7 Å². The largest absolute Gasteiger partial charge is 0.381 e. The first kappa shape index (κ1) is 21.1. The van der Waals surface area contributed by atoms with Crippen LogP contribution in [0.2, 0.25) is 0 Å². The van der Waals surface area contributed by atoms with Gasteiger partial charge in [0.15, 0.2) is 0 Å². The highest BCUT2D eigenvalue weighted by Gasteiger charge is 2.25. The van der Waals surface area contributed by atoms with Gasteiger partial charge in [-0.25, -0.2) is 4.39 Å². The number of fused-ring (bicyclic) bond motifs is 2. The lowest BCUT2D eigenvalue weighted by Gasteiger charge is -2.24. The lowest BCUT2D eigenvalue weighted by atomic mass is 9.96. The minimum Gasteiger partial charge on any atom is -0.381 e. The van der Waals surface area contributed by atoms with Crippen LogP contribution in [0.3, 0.4) is 0 Å². The molecule has 0 unspecified atom stereocenters. The van der Waals surface area contributed by atoms with Crippen molar-refractivity contribution in [2.45, 2.75) is 23.7 Å². The number of halogens is 1. The Bertz CT molecular complexity index is 1600. The second-order valence-electron chi connectivity index (χ2n) is 8.54. The minimum absolute atomic E-state index is 0.187. The molecule has 8 heteroatoms. The van der Waals surface area contributed by atoms with Gasteiger partial charge in [-0.1, -0.05) is 18.2 Å². The molecule has 0 atom stereocenters. The van der Waals surface area contributed by atoms with Crippen molar-refractivity contribution < 1.29 is 17.5 Å². The number of rotatable bonds is 4. The Hall–Kier alpha value is -3.49. The van der Waals surface area contributed by atoms with E-state index in [0.29, 0.717) is 30.0 Å². The maximum atomic E-state index is 13.7. The molecule has 0 saturated carbocycles. The molecular weight excluding hydrogens is 453 g/mol. The van der Waals surface area contributed by atoms with Crippen LogP contribution in [0.25, 0.3) is 27.5 Å². The molecule has 3 heterocycles. The molecule has 0 aliphatic carbocycles. The standard InChI is InChI=1S/C26H22FN3O3S/c27-21-6-8-22(9-7-21)29-24(18-10-12-33-13-11-18)14-19-15-26-20(16-25(19)29)17-28-30(26)34(31,32)23-4-2-1-3-5-23/h1-9,14-18H,10-13H2. The van der Waals surface area contributed by atoms with Crippen molar-refractivity contribution in [3.05, 3.63) is 90.5 Å². The number of hydrogen-bond acceptors (Lipinski definition) is 4. The van der Waals surface area contributed by atoms with E-state index in [1.165, 1.54) is 12.1 Å². The zero-order valence-electron chi connectivity index (χ0n) is 18.3. The molecule has 1 aliphatic heterocycles. The van der Waals surface area contributed by atoms with Gasteiger partial charge in [0, 0.05) is 41.3 Å². The smallest absolute Gasteiger partial charge is 0.283 e. The second-order valence-corrected chi connectivity index (χ2v) is 10.3. The van der Waals surface area contributed by atoms with E-state index in [2.05, 4.69) is 15.7 Å². The highest BCUT2D eigenvalue weighted by Crippen LogP contribution is 2.36. The van der Waals surface area contributed by atoms with Gasteiger partial charge in [-0.3, -0.25) is 0 Å². The molecule has 34 heavy (non-hydrogen) atoms. The Morgan fingerprint density at radius 2 is 1.59 bits per heavy atom. The first-order valence-electron chi connectivity index (χ1n) is 11.2. The molecule has 1 fully saturated rings. The summed E-state index contributed by atoms with van der Waals surface area (Å²) in [6.07, 6.45) is 3.37. The predicted octanol–water partition coefficient (Wildman–Crippen LogP) is 5.25. The maximum absolute atomic E-state index is 13.7. The molecule has 6 rings (SSSR count). The van der Waals surface area contributed by atoms with Crippen molar-refractivity contribution in [3.63, 3.8) is 0 Å². The van der Waals surface area contributed by atoms with Crippen LogP contribution in [-0.2, 0) is 14.8 Å². The Morgan fingerprint density at radius 1 is 0.882 bits per heavy atom. The van der Waals surface area contributed by atoms with E-state index in [0.717, 1.165) is 39.2 Å². The van der Waals surface area contributed by atoms with Crippen LogP contribution >= 0.6 is 0 Å². The molecule has 172 valence electrons. The summed E-state index contributed by atoms with van der Waals surface area (Å²) in [4.78, 5) is 0.187. The summed E-state index contributed by atoms with van der Waals surface area (Å²) in [7, 11) is -3.83. The number of nitrogens with zero attached hydrogens (tertiary/aromatic N) is 3. The molecule has 5 aromatic rings. The molecule has 2 aromatic heterocycles. The molecule has 0 spiro atoms. The number of aromatic nitrogens is 3. The lowest BCUT2D eigenvalue weighted by Crippen LogP contribution is -2.16. The normalized spacial score (nSPS) is 15.3. The van der Waals surface area contributed by atoms with Gasteiger partial charge in [0.25, 0.3) is 10.0 Å². The molecule has 1 aliphatic rings. The van der Waals surface area contributed by atoms with Gasteiger partial charge in [0.1, 0.15) is 5.82 Å². The average molecular weight is 476 g/mol. The monoisotopic (exact) mass is 475 g/mol. The highest BCUT2D eigenvalue weighted by molar-refractivity contribution is 7.90. The van der Waals surface area contributed by atoms with Crippen LogP contribution in [0.4, 0.5) is 4.39 Å². The van der Waals surface area contributed by atoms with Gasteiger partial charge in [0.2, 0.25) is 0 Å². The zero-order chi connectivity index (χ0) is 23.3. The van der Waals surface area contributed by atoms with Gasteiger partial charge in [-0.15, -0.1) is 0 Å². The Morgan fingerprint density at radius 3 is 2.32 bits per heavy atom. The third-order valence-corrected chi connectivity index (χ3v) is 8.09. The zero-order valence-corrected chi connectivity index (χ0v) is 19.1. The van der Waals surface area contributed by atoms with E-state index in [1.807, 2.05) is 12.1 Å². The van der Waals surface area contributed by atoms with Crippen molar-refractivity contribution in [2.24, 2.45) is 0 Å². The molecular formula is C26H22FN3O3S. The summed E-state index contributed by atoms with van der Waals surface area (Å²) in [6, 6.07) is 20.7. The molecule has 1 saturated heterocycles. The van der Waals surface area contributed by atoms with Crippen LogP contribution < -0.4 is 0 Å². The number of benzene rings is 3. The fourth-order valence-electron chi connectivity index (χ4n) is 4.78. The first-order valence-corrected chi connectivity index (χ1v) is 12.6.